The minimum Gasteiger partial charge on any atom is -0.487 e. The van der Waals surface area contributed by atoms with Crippen molar-refractivity contribution >= 4 is 33.4 Å². The Morgan fingerprint density at radius 3 is 2.69 bits per heavy atom. The highest BCUT2D eigenvalue weighted by Gasteiger charge is 2.23. The Morgan fingerprint density at radius 1 is 1.19 bits per heavy atom. The predicted octanol–water partition coefficient (Wildman–Crippen LogP) is 3.26. The number of hydrogen-bond acceptors (Lipinski definition) is 6. The van der Waals surface area contributed by atoms with Crippen LogP contribution in [-0.4, -0.2) is 31.2 Å². The lowest BCUT2D eigenvalue weighted by Gasteiger charge is -2.25. The van der Waals surface area contributed by atoms with E-state index in [9.17, 15) is 18.8 Å². The second-order valence-corrected chi connectivity index (χ2v) is 9.67. The van der Waals surface area contributed by atoms with Crippen LogP contribution in [0.25, 0.3) is 22.3 Å². The fourth-order valence-corrected chi connectivity index (χ4v) is 4.89. The molecule has 0 aliphatic heterocycles. The van der Waals surface area contributed by atoms with Crippen LogP contribution in [0.15, 0.2) is 39.4 Å². The Hall–Kier alpha value is -3.80. The van der Waals surface area contributed by atoms with E-state index in [4.69, 9.17) is 4.74 Å². The van der Waals surface area contributed by atoms with Gasteiger partial charge in [-0.2, -0.15) is 0 Å². The average Bonchev–Trinajstić information content (AvgIpc) is 3.44. The molecule has 36 heavy (non-hydrogen) atoms. The molecule has 3 aromatic heterocycles. The van der Waals surface area contributed by atoms with Gasteiger partial charge in [0.1, 0.15) is 12.1 Å². The largest absolute Gasteiger partial charge is 0.487 e. The zero-order valence-corrected chi connectivity index (χ0v) is 20.4. The number of thiazole rings is 1. The normalized spacial score (nSPS) is 13.7. The van der Waals surface area contributed by atoms with Crippen molar-refractivity contribution in [2.45, 2.75) is 25.8 Å². The molecule has 1 aromatic carbocycles. The van der Waals surface area contributed by atoms with Gasteiger partial charge in [0.05, 0.1) is 17.8 Å². The number of ether oxygens (including phenoxy) is 1. The van der Waals surface area contributed by atoms with Crippen molar-refractivity contribution < 1.29 is 18.3 Å². The summed E-state index contributed by atoms with van der Waals surface area (Å²) < 4.78 is 38.4. The molecule has 4 aromatic rings. The summed E-state index contributed by atoms with van der Waals surface area (Å²) in [5.41, 5.74) is -0.0414. The first kappa shape index (κ1) is 23.9. The summed E-state index contributed by atoms with van der Waals surface area (Å²) in [6, 6.07) is 4.01. The molecule has 0 bridgehead atoms. The summed E-state index contributed by atoms with van der Waals surface area (Å²) in [6.45, 7) is 0.0664. The molecule has 1 fully saturated rings. The second kappa shape index (κ2) is 9.34. The number of nitrogens with one attached hydrogen (secondary N) is 1. The average molecular weight is 516 g/mol. The van der Waals surface area contributed by atoms with E-state index in [0.717, 1.165) is 41.2 Å². The van der Waals surface area contributed by atoms with Gasteiger partial charge in [-0.15, -0.1) is 11.3 Å². The number of rotatable bonds is 7. The summed E-state index contributed by atoms with van der Waals surface area (Å²) in [7, 11) is 2.92. The number of aromatic nitrogens is 4. The fraction of sp³-hybridized carbons (Fsp3) is 0.333. The third-order valence-electron chi connectivity index (χ3n) is 6.46. The maximum Gasteiger partial charge on any atom is 0.331 e. The molecule has 9 nitrogen and oxygen atoms in total. The van der Waals surface area contributed by atoms with Crippen LogP contribution in [-0.2, 0) is 25.4 Å². The van der Waals surface area contributed by atoms with Gasteiger partial charge in [0.25, 0.3) is 5.56 Å². The molecule has 0 saturated heterocycles. The summed E-state index contributed by atoms with van der Waals surface area (Å²) in [5.74, 6) is -2.18. The van der Waals surface area contributed by atoms with E-state index >= 15 is 4.39 Å². The van der Waals surface area contributed by atoms with Gasteiger partial charge >= 0.3 is 5.69 Å². The summed E-state index contributed by atoms with van der Waals surface area (Å²) in [6.07, 6.45) is 4.63. The number of anilines is 1. The molecule has 1 N–H and O–H groups in total. The van der Waals surface area contributed by atoms with E-state index < -0.39 is 34.5 Å². The van der Waals surface area contributed by atoms with Gasteiger partial charge in [0.2, 0.25) is 5.91 Å². The van der Waals surface area contributed by atoms with E-state index in [0.29, 0.717) is 11.4 Å². The van der Waals surface area contributed by atoms with E-state index in [1.807, 2.05) is 0 Å². The third-order valence-corrected chi connectivity index (χ3v) is 7.22. The van der Waals surface area contributed by atoms with Crippen LogP contribution in [0.1, 0.15) is 19.3 Å². The van der Waals surface area contributed by atoms with Crippen LogP contribution >= 0.6 is 11.3 Å². The number of fused-ring (bicyclic) bond motifs is 1. The molecule has 1 aliphatic rings. The first-order chi connectivity index (χ1) is 17.2. The van der Waals surface area contributed by atoms with Crippen molar-refractivity contribution in [1.29, 1.82) is 0 Å². The molecule has 0 radical (unpaired) electrons. The molecule has 1 saturated carbocycles. The number of benzene rings is 1. The molecule has 188 valence electrons. The number of nitrogens with zero attached hydrogens (tertiary/aromatic N) is 4. The van der Waals surface area contributed by atoms with Crippen molar-refractivity contribution in [2.24, 2.45) is 20.0 Å². The quantitative estimate of drug-likeness (QED) is 0.407. The Labute approximate surface area is 207 Å². The highest BCUT2D eigenvalue weighted by atomic mass is 32.1. The van der Waals surface area contributed by atoms with Crippen LogP contribution in [0.5, 0.6) is 5.75 Å². The first-order valence-electron chi connectivity index (χ1n) is 11.4. The van der Waals surface area contributed by atoms with Crippen molar-refractivity contribution in [3.05, 3.63) is 62.2 Å². The van der Waals surface area contributed by atoms with Gasteiger partial charge < -0.3 is 14.6 Å². The summed E-state index contributed by atoms with van der Waals surface area (Å²) in [5, 5.41) is 4.41. The predicted molar refractivity (Wildman–Crippen MR) is 131 cm³/mol. The topological polar surface area (TPSA) is 100 Å². The van der Waals surface area contributed by atoms with Gasteiger partial charge in [-0.05, 0) is 37.0 Å². The maximum absolute atomic E-state index is 15.0. The molecular formula is C24H23F2N5O4S. The SMILES string of the molecule is Cn1c(=O)c2c(ccn2CC(=O)Nc2nc(-c3ccc(F)c(OCC4CCC4)c3F)cs2)n(C)c1=O. The van der Waals surface area contributed by atoms with Gasteiger partial charge in [-0.3, -0.25) is 18.7 Å². The smallest absolute Gasteiger partial charge is 0.331 e. The Kier molecular flexibility index (Phi) is 6.20. The number of carbonyl (C=O) groups is 1. The summed E-state index contributed by atoms with van der Waals surface area (Å²) >= 11 is 1.08. The lowest BCUT2D eigenvalue weighted by molar-refractivity contribution is -0.116. The fourth-order valence-electron chi connectivity index (χ4n) is 4.16. The van der Waals surface area contributed by atoms with Crippen LogP contribution in [0.3, 0.4) is 0 Å². The van der Waals surface area contributed by atoms with Crippen LogP contribution < -0.4 is 21.3 Å². The molecule has 0 atom stereocenters. The molecule has 0 spiro atoms. The molecular weight excluding hydrogens is 492 g/mol. The van der Waals surface area contributed by atoms with Crippen molar-refractivity contribution in [1.82, 2.24) is 18.7 Å². The first-order valence-corrected chi connectivity index (χ1v) is 12.2. The number of carbonyl (C=O) groups excluding carboxylic acids is 1. The molecule has 3 heterocycles. The van der Waals surface area contributed by atoms with Gasteiger partial charge in [0.15, 0.2) is 22.5 Å². The molecule has 12 heteroatoms. The molecule has 1 aliphatic carbocycles. The van der Waals surface area contributed by atoms with Crippen molar-refractivity contribution in [3.8, 4) is 17.0 Å². The zero-order chi connectivity index (χ0) is 25.6. The minimum absolute atomic E-state index is 0.0672. The van der Waals surface area contributed by atoms with Crippen LogP contribution in [0.2, 0.25) is 0 Å². The Morgan fingerprint density at radius 2 is 1.97 bits per heavy atom. The van der Waals surface area contributed by atoms with E-state index in [1.165, 1.54) is 22.2 Å². The number of hydrogen-bond donors (Lipinski definition) is 1. The monoisotopic (exact) mass is 515 g/mol. The Balaban J connectivity index is 1.33. The van der Waals surface area contributed by atoms with Gasteiger partial charge in [0, 0.05) is 31.2 Å². The molecule has 5 rings (SSSR count). The lowest BCUT2D eigenvalue weighted by atomic mass is 9.86. The van der Waals surface area contributed by atoms with Gasteiger partial charge in [-0.1, -0.05) is 6.42 Å². The zero-order valence-electron chi connectivity index (χ0n) is 19.6. The van der Waals surface area contributed by atoms with Crippen LogP contribution in [0, 0.1) is 17.6 Å². The maximum atomic E-state index is 15.0. The van der Waals surface area contributed by atoms with E-state index in [1.54, 1.807) is 24.7 Å². The number of aryl methyl sites for hydroxylation is 1. The highest BCUT2D eigenvalue weighted by Crippen LogP contribution is 2.34. The lowest BCUT2D eigenvalue weighted by Crippen LogP contribution is -2.37. The second-order valence-electron chi connectivity index (χ2n) is 8.82. The van der Waals surface area contributed by atoms with Gasteiger partial charge in [-0.25, -0.2) is 18.6 Å². The van der Waals surface area contributed by atoms with Crippen molar-refractivity contribution in [2.75, 3.05) is 11.9 Å². The van der Waals surface area contributed by atoms with Crippen molar-refractivity contribution in [3.63, 3.8) is 0 Å². The van der Waals surface area contributed by atoms with E-state index in [-0.39, 0.29) is 35.1 Å². The minimum atomic E-state index is -0.835. The van der Waals surface area contributed by atoms with E-state index in [2.05, 4.69) is 10.3 Å². The van der Waals surface area contributed by atoms with Crippen LogP contribution in [0.4, 0.5) is 13.9 Å². The number of amides is 1. The molecule has 1 amide bonds. The highest BCUT2D eigenvalue weighted by molar-refractivity contribution is 7.14. The Bertz CT molecular complexity index is 1600. The number of halogens is 2. The molecule has 0 unspecified atom stereocenters. The standard InChI is InChI=1S/C24H23F2N5O4S/c1-29-17-8-9-31(20(17)22(33)30(2)24(29)34)10-18(32)28-23-27-16(12-36-23)14-6-7-15(25)21(19(14)26)35-11-13-4-3-5-13/h6-9,12-13H,3-5,10-11H2,1-2H3,(H,27,28,32). The summed E-state index contributed by atoms with van der Waals surface area (Å²) in [4.78, 5) is 41.7. The third kappa shape index (κ3) is 4.21.